The predicted molar refractivity (Wildman–Crippen MR) is 71.9 cm³/mol. The van der Waals surface area contributed by atoms with Crippen molar-refractivity contribution in [3.8, 4) is 5.75 Å². The number of phenolic OH excluding ortho intramolecular Hbond substituents is 1. The maximum Gasteiger partial charge on any atom is 0.257 e. The van der Waals surface area contributed by atoms with Gasteiger partial charge in [0, 0.05) is 17.4 Å². The molecule has 2 rings (SSSR count). The van der Waals surface area contributed by atoms with E-state index in [2.05, 4.69) is 5.32 Å². The number of carbonyl (C=O) groups excluding carboxylic acids is 1. The van der Waals surface area contributed by atoms with Crippen LogP contribution in [0.2, 0.25) is 5.02 Å². The van der Waals surface area contributed by atoms with E-state index in [0.717, 1.165) is 0 Å². The van der Waals surface area contributed by atoms with Gasteiger partial charge in [0.05, 0.1) is 10.6 Å². The van der Waals surface area contributed by atoms with E-state index in [0.29, 0.717) is 16.9 Å². The van der Waals surface area contributed by atoms with E-state index in [9.17, 15) is 9.90 Å². The standard InChI is InChI=1S/C13H11ClN2O2/c14-10-6-5-8(7-12(10)17)16-13(18)9-3-1-2-4-11(9)15/h1-7,17H,15H2,(H,16,18). The van der Waals surface area contributed by atoms with Crippen LogP contribution in [0.25, 0.3) is 0 Å². The van der Waals surface area contributed by atoms with Crippen molar-refractivity contribution in [2.45, 2.75) is 0 Å². The van der Waals surface area contributed by atoms with Crippen molar-refractivity contribution in [2.75, 3.05) is 11.1 Å². The molecule has 0 atom stereocenters. The quantitative estimate of drug-likeness (QED) is 0.729. The summed E-state index contributed by atoms with van der Waals surface area (Å²) >= 11 is 5.68. The number of benzene rings is 2. The zero-order valence-electron chi connectivity index (χ0n) is 9.35. The summed E-state index contributed by atoms with van der Waals surface area (Å²) in [6, 6.07) is 11.2. The minimum atomic E-state index is -0.338. The van der Waals surface area contributed by atoms with E-state index in [1.165, 1.54) is 12.1 Å². The zero-order chi connectivity index (χ0) is 13.1. The van der Waals surface area contributed by atoms with Crippen molar-refractivity contribution >= 4 is 28.9 Å². The van der Waals surface area contributed by atoms with Gasteiger partial charge >= 0.3 is 0 Å². The summed E-state index contributed by atoms with van der Waals surface area (Å²) in [6.45, 7) is 0. The molecule has 0 aliphatic heterocycles. The Balaban J connectivity index is 2.22. The highest BCUT2D eigenvalue weighted by atomic mass is 35.5. The number of nitrogens with one attached hydrogen (secondary N) is 1. The van der Waals surface area contributed by atoms with Crippen LogP contribution in [0.15, 0.2) is 42.5 Å². The second kappa shape index (κ2) is 4.98. The molecule has 92 valence electrons. The Morgan fingerprint density at radius 2 is 1.94 bits per heavy atom. The number of phenols is 1. The normalized spacial score (nSPS) is 10.1. The molecule has 0 unspecified atom stereocenters. The molecule has 2 aromatic carbocycles. The molecule has 2 aromatic rings. The first-order chi connectivity index (χ1) is 8.58. The summed E-state index contributed by atoms with van der Waals surface area (Å²) in [5, 5.41) is 12.3. The monoisotopic (exact) mass is 262 g/mol. The summed E-state index contributed by atoms with van der Waals surface area (Å²) in [5.41, 5.74) is 6.92. The average Bonchev–Trinajstić information content (AvgIpc) is 2.34. The molecule has 0 heterocycles. The summed E-state index contributed by atoms with van der Waals surface area (Å²) in [6.07, 6.45) is 0. The third kappa shape index (κ3) is 2.55. The van der Waals surface area contributed by atoms with Gasteiger partial charge in [0.25, 0.3) is 5.91 Å². The minimum Gasteiger partial charge on any atom is -0.506 e. The topological polar surface area (TPSA) is 75.4 Å². The van der Waals surface area contributed by atoms with Crippen LogP contribution in [-0.2, 0) is 0 Å². The van der Waals surface area contributed by atoms with Gasteiger partial charge in [-0.2, -0.15) is 0 Å². The number of carbonyl (C=O) groups is 1. The Bertz CT molecular complexity index is 599. The van der Waals surface area contributed by atoms with Crippen molar-refractivity contribution in [1.29, 1.82) is 0 Å². The van der Waals surface area contributed by atoms with Crippen molar-refractivity contribution in [3.05, 3.63) is 53.1 Å². The largest absolute Gasteiger partial charge is 0.506 e. The molecule has 0 spiro atoms. The van der Waals surface area contributed by atoms with E-state index in [1.54, 1.807) is 30.3 Å². The van der Waals surface area contributed by atoms with Gasteiger partial charge in [-0.15, -0.1) is 0 Å². The lowest BCUT2D eigenvalue weighted by Gasteiger charge is -2.08. The molecule has 0 fully saturated rings. The van der Waals surface area contributed by atoms with Crippen LogP contribution in [0.5, 0.6) is 5.75 Å². The highest BCUT2D eigenvalue weighted by Crippen LogP contribution is 2.26. The average molecular weight is 263 g/mol. The van der Waals surface area contributed by atoms with Gasteiger partial charge in [0.1, 0.15) is 5.75 Å². The van der Waals surface area contributed by atoms with E-state index in [-0.39, 0.29) is 16.7 Å². The van der Waals surface area contributed by atoms with Gasteiger partial charge in [0.15, 0.2) is 0 Å². The molecule has 0 aliphatic carbocycles. The summed E-state index contributed by atoms with van der Waals surface area (Å²) in [5.74, 6) is -0.426. The highest BCUT2D eigenvalue weighted by Gasteiger charge is 2.09. The first-order valence-electron chi connectivity index (χ1n) is 5.22. The van der Waals surface area contributed by atoms with Crippen LogP contribution in [0.4, 0.5) is 11.4 Å². The van der Waals surface area contributed by atoms with Crippen LogP contribution < -0.4 is 11.1 Å². The lowest BCUT2D eigenvalue weighted by Crippen LogP contribution is -2.13. The number of nitrogen functional groups attached to an aromatic ring is 1. The number of halogens is 1. The molecule has 4 nitrogen and oxygen atoms in total. The first kappa shape index (κ1) is 12.3. The van der Waals surface area contributed by atoms with Crippen molar-refractivity contribution in [1.82, 2.24) is 0 Å². The highest BCUT2D eigenvalue weighted by molar-refractivity contribution is 6.32. The molecular formula is C13H11ClN2O2. The second-order valence-electron chi connectivity index (χ2n) is 3.71. The van der Waals surface area contributed by atoms with Crippen LogP contribution in [0.1, 0.15) is 10.4 Å². The lowest BCUT2D eigenvalue weighted by atomic mass is 10.1. The molecule has 5 heteroatoms. The lowest BCUT2D eigenvalue weighted by molar-refractivity contribution is 0.102. The molecule has 1 amide bonds. The van der Waals surface area contributed by atoms with Crippen LogP contribution in [0, 0.1) is 0 Å². The number of hydrogen-bond donors (Lipinski definition) is 3. The van der Waals surface area contributed by atoms with Gasteiger partial charge in [-0.25, -0.2) is 0 Å². The molecule has 0 aromatic heterocycles. The predicted octanol–water partition coefficient (Wildman–Crippen LogP) is 2.88. The van der Waals surface area contributed by atoms with Crippen molar-refractivity contribution in [3.63, 3.8) is 0 Å². The van der Waals surface area contributed by atoms with Crippen molar-refractivity contribution in [2.24, 2.45) is 0 Å². The van der Waals surface area contributed by atoms with Crippen LogP contribution >= 0.6 is 11.6 Å². The van der Waals surface area contributed by atoms with Crippen LogP contribution in [0.3, 0.4) is 0 Å². The third-order valence-corrected chi connectivity index (χ3v) is 2.73. The Morgan fingerprint density at radius 1 is 1.22 bits per heavy atom. The van der Waals surface area contributed by atoms with E-state index >= 15 is 0 Å². The smallest absolute Gasteiger partial charge is 0.257 e. The van der Waals surface area contributed by atoms with Crippen LogP contribution in [-0.4, -0.2) is 11.0 Å². The number of amides is 1. The Labute approximate surface area is 109 Å². The SMILES string of the molecule is Nc1ccccc1C(=O)Nc1ccc(Cl)c(O)c1. The number of hydrogen-bond acceptors (Lipinski definition) is 3. The summed E-state index contributed by atoms with van der Waals surface area (Å²) < 4.78 is 0. The van der Waals surface area contributed by atoms with Gasteiger partial charge in [0.2, 0.25) is 0 Å². The molecule has 0 bridgehead atoms. The number of anilines is 2. The van der Waals surface area contributed by atoms with Crippen molar-refractivity contribution < 1.29 is 9.90 Å². The Hall–Kier alpha value is -2.20. The van der Waals surface area contributed by atoms with Gasteiger partial charge in [-0.05, 0) is 24.3 Å². The molecule has 4 N–H and O–H groups in total. The number of rotatable bonds is 2. The Kier molecular flexibility index (Phi) is 3.39. The fourth-order valence-corrected chi connectivity index (χ4v) is 1.61. The number of para-hydroxylation sites is 1. The second-order valence-corrected chi connectivity index (χ2v) is 4.11. The first-order valence-corrected chi connectivity index (χ1v) is 5.60. The third-order valence-electron chi connectivity index (χ3n) is 2.41. The summed E-state index contributed by atoms with van der Waals surface area (Å²) in [4.78, 5) is 11.9. The van der Waals surface area contributed by atoms with Gasteiger partial charge in [-0.3, -0.25) is 4.79 Å². The Morgan fingerprint density at radius 3 is 2.61 bits per heavy atom. The molecular weight excluding hydrogens is 252 g/mol. The molecule has 0 saturated heterocycles. The van der Waals surface area contributed by atoms with E-state index in [4.69, 9.17) is 17.3 Å². The van der Waals surface area contributed by atoms with E-state index < -0.39 is 0 Å². The summed E-state index contributed by atoms with van der Waals surface area (Å²) in [7, 11) is 0. The number of aromatic hydroxyl groups is 1. The minimum absolute atomic E-state index is 0.0875. The van der Waals surface area contributed by atoms with Gasteiger partial charge in [-0.1, -0.05) is 23.7 Å². The fraction of sp³-hybridized carbons (Fsp3) is 0. The maximum absolute atomic E-state index is 11.9. The maximum atomic E-state index is 11.9. The van der Waals surface area contributed by atoms with E-state index in [1.807, 2.05) is 0 Å². The number of nitrogens with two attached hydrogens (primary N) is 1. The molecule has 0 aliphatic rings. The zero-order valence-corrected chi connectivity index (χ0v) is 10.1. The van der Waals surface area contributed by atoms with Gasteiger partial charge < -0.3 is 16.2 Å². The molecule has 18 heavy (non-hydrogen) atoms. The molecule has 0 saturated carbocycles. The fourth-order valence-electron chi connectivity index (χ4n) is 1.49. The molecule has 0 radical (unpaired) electrons.